The molecule has 0 saturated heterocycles. The molecule has 0 fully saturated rings. The number of nitrogens with two attached hydrogens (primary N) is 1. The van der Waals surface area contributed by atoms with Gasteiger partial charge < -0.3 is 11.1 Å². The van der Waals surface area contributed by atoms with Crippen LogP contribution in [0.1, 0.15) is 20.7 Å². The van der Waals surface area contributed by atoms with Crippen molar-refractivity contribution >= 4 is 29.1 Å². The van der Waals surface area contributed by atoms with Gasteiger partial charge in [0.05, 0.1) is 5.56 Å². The van der Waals surface area contributed by atoms with Crippen molar-refractivity contribution in [3.8, 4) is 0 Å². The van der Waals surface area contributed by atoms with Gasteiger partial charge in [-0.25, -0.2) is 4.39 Å². The number of rotatable bonds is 3. The van der Waals surface area contributed by atoms with Crippen LogP contribution in [0.5, 0.6) is 0 Å². The van der Waals surface area contributed by atoms with Crippen molar-refractivity contribution in [2.45, 2.75) is 0 Å². The van der Waals surface area contributed by atoms with E-state index >= 15 is 0 Å². The van der Waals surface area contributed by atoms with E-state index in [1.807, 2.05) is 0 Å². The monoisotopic (exact) mass is 292 g/mol. The van der Waals surface area contributed by atoms with Crippen molar-refractivity contribution in [1.29, 1.82) is 0 Å². The van der Waals surface area contributed by atoms with Crippen LogP contribution in [0, 0.1) is 5.82 Å². The van der Waals surface area contributed by atoms with E-state index in [-0.39, 0.29) is 16.1 Å². The third-order valence-corrected chi connectivity index (χ3v) is 2.81. The molecule has 2 aromatic rings. The average Bonchev–Trinajstić information content (AvgIpc) is 2.41. The highest BCUT2D eigenvalue weighted by atomic mass is 35.5. The predicted molar refractivity (Wildman–Crippen MR) is 74.3 cm³/mol. The first-order chi connectivity index (χ1) is 9.47. The van der Waals surface area contributed by atoms with Crippen LogP contribution in [0.25, 0.3) is 0 Å². The van der Waals surface area contributed by atoms with Crippen LogP contribution in [-0.4, -0.2) is 11.8 Å². The maximum atomic E-state index is 13.5. The van der Waals surface area contributed by atoms with Crippen molar-refractivity contribution in [1.82, 2.24) is 0 Å². The molecule has 2 amide bonds. The van der Waals surface area contributed by atoms with Crippen LogP contribution in [0.15, 0.2) is 42.5 Å². The average molecular weight is 293 g/mol. The van der Waals surface area contributed by atoms with Gasteiger partial charge in [-0.05, 0) is 36.4 Å². The van der Waals surface area contributed by atoms with E-state index in [0.29, 0.717) is 5.69 Å². The molecule has 2 aromatic carbocycles. The van der Waals surface area contributed by atoms with Gasteiger partial charge in [0, 0.05) is 16.3 Å². The first-order valence-corrected chi connectivity index (χ1v) is 6.01. The standard InChI is InChI=1S/C14H10ClFN2O2/c15-9-4-5-12(16)11(7-9)14(20)18-10-3-1-2-8(6-10)13(17)19/h1-7H,(H2,17,19)(H,18,20). The van der Waals surface area contributed by atoms with E-state index in [2.05, 4.69) is 5.32 Å². The fourth-order valence-corrected chi connectivity index (χ4v) is 1.79. The largest absolute Gasteiger partial charge is 0.366 e. The highest BCUT2D eigenvalue weighted by Crippen LogP contribution is 2.17. The third-order valence-electron chi connectivity index (χ3n) is 2.58. The normalized spacial score (nSPS) is 10.1. The summed E-state index contributed by atoms with van der Waals surface area (Å²) in [5.41, 5.74) is 5.54. The molecule has 0 aromatic heterocycles. The number of primary amides is 1. The van der Waals surface area contributed by atoms with Crippen LogP contribution >= 0.6 is 11.6 Å². The number of nitrogens with one attached hydrogen (secondary N) is 1. The fourth-order valence-electron chi connectivity index (χ4n) is 1.62. The maximum Gasteiger partial charge on any atom is 0.258 e. The lowest BCUT2D eigenvalue weighted by Gasteiger charge is -2.07. The topological polar surface area (TPSA) is 72.2 Å². The van der Waals surface area contributed by atoms with Gasteiger partial charge in [0.2, 0.25) is 5.91 Å². The van der Waals surface area contributed by atoms with Crippen LogP contribution in [0.4, 0.5) is 10.1 Å². The van der Waals surface area contributed by atoms with Gasteiger partial charge in [-0.2, -0.15) is 0 Å². The summed E-state index contributed by atoms with van der Waals surface area (Å²) in [5, 5.41) is 2.73. The molecule has 102 valence electrons. The second-order valence-electron chi connectivity index (χ2n) is 4.02. The Morgan fingerprint density at radius 3 is 2.60 bits per heavy atom. The number of hydrogen-bond donors (Lipinski definition) is 2. The summed E-state index contributed by atoms with van der Waals surface area (Å²) in [6.07, 6.45) is 0. The molecule has 2 rings (SSSR count). The summed E-state index contributed by atoms with van der Waals surface area (Å²) in [6, 6.07) is 9.72. The molecule has 0 heterocycles. The third kappa shape index (κ3) is 3.13. The van der Waals surface area contributed by atoms with Gasteiger partial charge in [-0.15, -0.1) is 0 Å². The number of hydrogen-bond acceptors (Lipinski definition) is 2. The lowest BCUT2D eigenvalue weighted by atomic mass is 10.1. The minimum absolute atomic E-state index is 0.179. The van der Waals surface area contributed by atoms with E-state index < -0.39 is 17.6 Å². The molecule has 0 aliphatic rings. The molecule has 0 aliphatic carbocycles. The van der Waals surface area contributed by atoms with Gasteiger partial charge in [0.1, 0.15) is 5.82 Å². The Balaban J connectivity index is 2.25. The molecule has 6 heteroatoms. The highest BCUT2D eigenvalue weighted by molar-refractivity contribution is 6.31. The second-order valence-corrected chi connectivity index (χ2v) is 4.46. The Hall–Kier alpha value is -2.40. The highest BCUT2D eigenvalue weighted by Gasteiger charge is 2.13. The van der Waals surface area contributed by atoms with Crippen molar-refractivity contribution in [3.05, 3.63) is 64.4 Å². The second kappa shape index (κ2) is 5.71. The van der Waals surface area contributed by atoms with Gasteiger partial charge in [-0.1, -0.05) is 17.7 Å². The van der Waals surface area contributed by atoms with Crippen LogP contribution in [0.3, 0.4) is 0 Å². The summed E-state index contributed by atoms with van der Waals surface area (Å²) >= 11 is 5.72. The molecule has 0 spiro atoms. The molecule has 0 aliphatic heterocycles. The predicted octanol–water partition coefficient (Wildman–Crippen LogP) is 2.83. The minimum Gasteiger partial charge on any atom is -0.366 e. The zero-order valence-corrected chi connectivity index (χ0v) is 10.9. The Kier molecular flexibility index (Phi) is 4.00. The van der Waals surface area contributed by atoms with E-state index in [9.17, 15) is 14.0 Å². The summed E-state index contributed by atoms with van der Waals surface area (Å²) in [5.74, 6) is -1.96. The van der Waals surface area contributed by atoms with Gasteiger partial charge >= 0.3 is 0 Å². The minimum atomic E-state index is -0.682. The van der Waals surface area contributed by atoms with E-state index in [4.69, 9.17) is 17.3 Å². The van der Waals surface area contributed by atoms with Crippen LogP contribution in [-0.2, 0) is 0 Å². The molecule has 0 atom stereocenters. The first-order valence-electron chi connectivity index (χ1n) is 5.63. The van der Waals surface area contributed by atoms with E-state index in [1.54, 1.807) is 12.1 Å². The van der Waals surface area contributed by atoms with Gasteiger partial charge in [-0.3, -0.25) is 9.59 Å². The number of benzene rings is 2. The quantitative estimate of drug-likeness (QED) is 0.913. The summed E-state index contributed by atoms with van der Waals surface area (Å²) in [6.45, 7) is 0. The van der Waals surface area contributed by atoms with Crippen LogP contribution < -0.4 is 11.1 Å². The molecular formula is C14H10ClFN2O2. The molecule has 0 bridgehead atoms. The lowest BCUT2D eigenvalue weighted by Crippen LogP contribution is -2.15. The molecule has 0 radical (unpaired) electrons. The van der Waals surface area contributed by atoms with Crippen molar-refractivity contribution < 1.29 is 14.0 Å². The van der Waals surface area contributed by atoms with Crippen LogP contribution in [0.2, 0.25) is 5.02 Å². The maximum absolute atomic E-state index is 13.5. The molecule has 0 saturated carbocycles. The zero-order chi connectivity index (χ0) is 14.7. The molecule has 0 unspecified atom stereocenters. The van der Waals surface area contributed by atoms with E-state index in [1.165, 1.54) is 24.3 Å². The van der Waals surface area contributed by atoms with Crippen molar-refractivity contribution in [2.24, 2.45) is 5.73 Å². The molecule has 3 N–H and O–H groups in total. The molecular weight excluding hydrogens is 283 g/mol. The van der Waals surface area contributed by atoms with Gasteiger partial charge in [0.15, 0.2) is 0 Å². The number of anilines is 1. The number of amides is 2. The number of carbonyl (C=O) groups excluding carboxylic acids is 2. The lowest BCUT2D eigenvalue weighted by molar-refractivity contribution is 0.0995. The van der Waals surface area contributed by atoms with Crippen molar-refractivity contribution in [3.63, 3.8) is 0 Å². The van der Waals surface area contributed by atoms with Crippen molar-refractivity contribution in [2.75, 3.05) is 5.32 Å². The summed E-state index contributed by atoms with van der Waals surface area (Å²) in [7, 11) is 0. The Labute approximate surface area is 119 Å². The Morgan fingerprint density at radius 2 is 1.90 bits per heavy atom. The first kappa shape index (κ1) is 14.0. The molecule has 20 heavy (non-hydrogen) atoms. The fraction of sp³-hybridized carbons (Fsp3) is 0. The van der Waals surface area contributed by atoms with E-state index in [0.717, 1.165) is 6.07 Å². The molecule has 4 nitrogen and oxygen atoms in total. The van der Waals surface area contributed by atoms with Gasteiger partial charge in [0.25, 0.3) is 5.91 Å². The zero-order valence-electron chi connectivity index (χ0n) is 10.2. The Morgan fingerprint density at radius 1 is 1.15 bits per heavy atom. The smallest absolute Gasteiger partial charge is 0.258 e. The number of halogens is 2. The summed E-state index contributed by atoms with van der Waals surface area (Å²) < 4.78 is 13.5. The SMILES string of the molecule is NC(=O)c1cccc(NC(=O)c2cc(Cl)ccc2F)c1. The Bertz CT molecular complexity index is 689. The number of carbonyl (C=O) groups is 2. The summed E-state index contributed by atoms with van der Waals surface area (Å²) in [4.78, 5) is 23.0.